The molecule has 0 saturated heterocycles. The molecule has 0 atom stereocenters. The van der Waals surface area contributed by atoms with E-state index >= 15 is 0 Å². The first kappa shape index (κ1) is 19.8. The van der Waals surface area contributed by atoms with Crippen LogP contribution in [-0.2, 0) is 6.54 Å². The van der Waals surface area contributed by atoms with Crippen LogP contribution in [0.3, 0.4) is 0 Å². The minimum Gasteiger partial charge on any atom is -0.500 e. The molecule has 142 valence electrons. The SMILES string of the molecule is CCCCCCn1c(=O)c(O)c(OCCCC)c2ccc([N+](=O)[O-])cc21. The summed E-state index contributed by atoms with van der Waals surface area (Å²) in [5.41, 5.74) is -0.240. The number of nitro benzene ring substituents is 1. The van der Waals surface area contributed by atoms with Crippen molar-refractivity contribution in [3.05, 3.63) is 38.7 Å². The molecule has 1 heterocycles. The molecule has 0 unspecified atom stereocenters. The Balaban J connectivity index is 2.55. The van der Waals surface area contributed by atoms with Gasteiger partial charge in [-0.05, 0) is 18.9 Å². The lowest BCUT2D eigenvalue weighted by atomic mass is 10.1. The number of pyridine rings is 1. The minimum absolute atomic E-state index is 0.0931. The summed E-state index contributed by atoms with van der Waals surface area (Å²) in [5.74, 6) is -0.323. The van der Waals surface area contributed by atoms with Crippen molar-refractivity contribution < 1.29 is 14.8 Å². The largest absolute Gasteiger partial charge is 0.500 e. The van der Waals surface area contributed by atoms with Crippen LogP contribution in [0.4, 0.5) is 5.69 Å². The zero-order valence-corrected chi connectivity index (χ0v) is 15.4. The van der Waals surface area contributed by atoms with Crippen molar-refractivity contribution in [1.29, 1.82) is 0 Å². The lowest BCUT2D eigenvalue weighted by Crippen LogP contribution is -2.21. The molecule has 1 aromatic carbocycles. The lowest BCUT2D eigenvalue weighted by molar-refractivity contribution is -0.384. The third kappa shape index (κ3) is 4.33. The van der Waals surface area contributed by atoms with E-state index in [1.54, 1.807) is 0 Å². The molecular formula is C19H26N2O5. The summed E-state index contributed by atoms with van der Waals surface area (Å²) in [6.45, 7) is 4.88. The van der Waals surface area contributed by atoms with Crippen molar-refractivity contribution in [3.63, 3.8) is 0 Å². The predicted octanol–water partition coefficient (Wildman–Crippen LogP) is 4.37. The normalized spacial score (nSPS) is 11.0. The number of aryl methyl sites for hydroxylation is 1. The molecule has 0 aliphatic carbocycles. The predicted molar refractivity (Wildman–Crippen MR) is 101 cm³/mol. The van der Waals surface area contributed by atoms with E-state index in [2.05, 4.69) is 6.92 Å². The summed E-state index contributed by atoms with van der Waals surface area (Å²) < 4.78 is 7.05. The van der Waals surface area contributed by atoms with Gasteiger partial charge in [-0.2, -0.15) is 0 Å². The number of hydrogen-bond donors (Lipinski definition) is 1. The van der Waals surface area contributed by atoms with Crippen LogP contribution in [0.5, 0.6) is 11.5 Å². The van der Waals surface area contributed by atoms with E-state index < -0.39 is 16.2 Å². The van der Waals surface area contributed by atoms with Gasteiger partial charge in [-0.25, -0.2) is 0 Å². The quantitative estimate of drug-likeness (QED) is 0.384. The minimum atomic E-state index is -0.569. The Morgan fingerprint density at radius 2 is 1.88 bits per heavy atom. The highest BCUT2D eigenvalue weighted by molar-refractivity contribution is 5.89. The second kappa shape index (κ2) is 9.22. The fourth-order valence-corrected chi connectivity index (χ4v) is 2.89. The summed E-state index contributed by atoms with van der Waals surface area (Å²) in [6.07, 6.45) is 5.54. The van der Waals surface area contributed by atoms with Gasteiger partial charge in [0.15, 0.2) is 5.75 Å². The first-order valence-electron chi connectivity index (χ1n) is 9.17. The summed E-state index contributed by atoms with van der Waals surface area (Å²) >= 11 is 0. The third-order valence-corrected chi connectivity index (χ3v) is 4.37. The van der Waals surface area contributed by atoms with E-state index in [9.17, 15) is 20.0 Å². The van der Waals surface area contributed by atoms with E-state index in [0.29, 0.717) is 24.1 Å². The fraction of sp³-hybridized carbons (Fsp3) is 0.526. The average Bonchev–Trinajstić information content (AvgIpc) is 2.63. The summed E-state index contributed by atoms with van der Waals surface area (Å²) in [6, 6.07) is 4.28. The Hall–Kier alpha value is -2.57. The van der Waals surface area contributed by atoms with Crippen LogP contribution in [0.2, 0.25) is 0 Å². The van der Waals surface area contributed by atoms with Crippen molar-refractivity contribution in [2.45, 2.75) is 58.9 Å². The molecule has 1 N–H and O–H groups in total. The van der Waals surface area contributed by atoms with Gasteiger partial charge < -0.3 is 14.4 Å². The Morgan fingerprint density at radius 3 is 2.54 bits per heavy atom. The van der Waals surface area contributed by atoms with Gasteiger partial charge in [0.05, 0.1) is 17.0 Å². The molecule has 0 fully saturated rings. The number of fused-ring (bicyclic) bond motifs is 1. The third-order valence-electron chi connectivity index (χ3n) is 4.37. The summed E-state index contributed by atoms with van der Waals surface area (Å²) in [5, 5.41) is 22.0. The molecule has 0 aliphatic heterocycles. The number of rotatable bonds is 10. The monoisotopic (exact) mass is 362 g/mol. The van der Waals surface area contributed by atoms with Gasteiger partial charge in [0.25, 0.3) is 11.2 Å². The smallest absolute Gasteiger partial charge is 0.297 e. The van der Waals surface area contributed by atoms with Crippen molar-refractivity contribution in [2.75, 3.05) is 6.61 Å². The maximum absolute atomic E-state index is 12.6. The highest BCUT2D eigenvalue weighted by atomic mass is 16.6. The molecule has 0 amide bonds. The van der Waals surface area contributed by atoms with Gasteiger partial charge >= 0.3 is 0 Å². The van der Waals surface area contributed by atoms with E-state index in [0.717, 1.165) is 38.5 Å². The van der Waals surface area contributed by atoms with Gasteiger partial charge in [-0.15, -0.1) is 0 Å². The van der Waals surface area contributed by atoms with E-state index in [1.807, 2.05) is 6.92 Å². The lowest BCUT2D eigenvalue weighted by Gasteiger charge is -2.16. The highest BCUT2D eigenvalue weighted by Crippen LogP contribution is 2.34. The molecule has 0 radical (unpaired) electrons. The van der Waals surface area contributed by atoms with Gasteiger partial charge in [-0.1, -0.05) is 39.5 Å². The van der Waals surface area contributed by atoms with Crippen molar-refractivity contribution >= 4 is 16.6 Å². The maximum Gasteiger partial charge on any atom is 0.297 e. The van der Waals surface area contributed by atoms with Crippen LogP contribution in [0.25, 0.3) is 10.9 Å². The topological polar surface area (TPSA) is 94.6 Å². The molecule has 0 saturated carbocycles. The molecule has 2 rings (SSSR count). The molecule has 0 bridgehead atoms. The molecule has 26 heavy (non-hydrogen) atoms. The second-order valence-corrected chi connectivity index (χ2v) is 6.36. The van der Waals surface area contributed by atoms with E-state index in [4.69, 9.17) is 4.74 Å². The molecule has 0 aliphatic rings. The zero-order chi connectivity index (χ0) is 19.1. The Morgan fingerprint density at radius 1 is 1.15 bits per heavy atom. The van der Waals surface area contributed by atoms with Gasteiger partial charge in [0.1, 0.15) is 0 Å². The number of unbranched alkanes of at least 4 members (excludes halogenated alkanes) is 4. The first-order valence-corrected chi connectivity index (χ1v) is 9.17. The number of nitrogens with zero attached hydrogens (tertiary/aromatic N) is 2. The number of aromatic nitrogens is 1. The maximum atomic E-state index is 12.6. The zero-order valence-electron chi connectivity index (χ0n) is 15.4. The van der Waals surface area contributed by atoms with Crippen LogP contribution >= 0.6 is 0 Å². The van der Waals surface area contributed by atoms with Crippen molar-refractivity contribution in [2.24, 2.45) is 0 Å². The second-order valence-electron chi connectivity index (χ2n) is 6.36. The Bertz CT molecular complexity index is 829. The molecule has 0 spiro atoms. The van der Waals surface area contributed by atoms with Crippen LogP contribution in [-0.4, -0.2) is 21.2 Å². The molecular weight excluding hydrogens is 336 g/mol. The van der Waals surface area contributed by atoms with Crippen LogP contribution in [0.15, 0.2) is 23.0 Å². The van der Waals surface area contributed by atoms with Gasteiger partial charge in [0, 0.05) is 24.1 Å². The average molecular weight is 362 g/mol. The van der Waals surface area contributed by atoms with Gasteiger partial charge in [0.2, 0.25) is 5.75 Å². The number of ether oxygens (including phenoxy) is 1. The number of aromatic hydroxyl groups is 1. The van der Waals surface area contributed by atoms with Crippen LogP contribution < -0.4 is 10.3 Å². The highest BCUT2D eigenvalue weighted by Gasteiger charge is 2.19. The number of non-ortho nitro benzene ring substituents is 1. The standard InChI is InChI=1S/C19H26N2O5/c1-3-5-7-8-11-20-16-13-14(21(24)25)9-10-15(16)18(17(22)19(20)23)26-12-6-4-2/h9-10,13,22H,3-8,11-12H2,1-2H3. The Kier molecular flexibility index (Phi) is 7.00. The number of benzene rings is 1. The molecule has 1 aromatic heterocycles. The number of hydrogen-bond acceptors (Lipinski definition) is 5. The van der Waals surface area contributed by atoms with Crippen molar-refractivity contribution in [1.82, 2.24) is 4.57 Å². The van der Waals surface area contributed by atoms with E-state index in [1.165, 1.54) is 22.8 Å². The molecule has 7 heteroatoms. The first-order chi connectivity index (χ1) is 12.5. The van der Waals surface area contributed by atoms with Crippen molar-refractivity contribution in [3.8, 4) is 11.5 Å². The van der Waals surface area contributed by atoms with Gasteiger partial charge in [-0.3, -0.25) is 14.9 Å². The van der Waals surface area contributed by atoms with Crippen LogP contribution in [0.1, 0.15) is 52.4 Å². The summed E-state index contributed by atoms with van der Waals surface area (Å²) in [4.78, 5) is 23.3. The molecule has 2 aromatic rings. The number of nitro groups is 1. The molecule has 7 nitrogen and oxygen atoms in total. The summed E-state index contributed by atoms with van der Waals surface area (Å²) in [7, 11) is 0. The fourth-order valence-electron chi connectivity index (χ4n) is 2.89. The van der Waals surface area contributed by atoms with Crippen LogP contribution in [0, 0.1) is 10.1 Å². The Labute approximate surface area is 152 Å². The van der Waals surface area contributed by atoms with E-state index in [-0.39, 0.29) is 11.4 Å².